The Kier molecular flexibility index (Phi) is 6.39. The summed E-state index contributed by atoms with van der Waals surface area (Å²) in [6, 6.07) is 8.11. The molecule has 100 valence electrons. The van der Waals surface area contributed by atoms with Crippen LogP contribution in [0.25, 0.3) is 0 Å². The van der Waals surface area contributed by atoms with Crippen LogP contribution < -0.4 is 11.5 Å². The minimum absolute atomic E-state index is 0.0241. The van der Waals surface area contributed by atoms with Crippen LogP contribution in [0.4, 0.5) is 0 Å². The van der Waals surface area contributed by atoms with Crippen molar-refractivity contribution >= 4 is 5.97 Å². The number of rotatable bonds is 7. The van der Waals surface area contributed by atoms with E-state index in [1.54, 1.807) is 6.92 Å². The maximum absolute atomic E-state index is 11.5. The molecule has 0 saturated carbocycles. The van der Waals surface area contributed by atoms with E-state index in [0.717, 1.165) is 12.0 Å². The van der Waals surface area contributed by atoms with Gasteiger partial charge in [0.1, 0.15) is 0 Å². The first-order valence-electron chi connectivity index (χ1n) is 6.35. The van der Waals surface area contributed by atoms with Crippen LogP contribution >= 0.6 is 0 Å². The number of benzene rings is 1. The Morgan fingerprint density at radius 3 is 2.44 bits per heavy atom. The first-order valence-corrected chi connectivity index (χ1v) is 6.35. The summed E-state index contributed by atoms with van der Waals surface area (Å²) in [5.74, 6) is -0.171. The van der Waals surface area contributed by atoms with Crippen molar-refractivity contribution in [3.63, 3.8) is 0 Å². The molecular formula is C14H22N2O2. The molecule has 0 aliphatic carbocycles. The topological polar surface area (TPSA) is 78.3 Å². The van der Waals surface area contributed by atoms with Crippen LogP contribution in [0.3, 0.4) is 0 Å². The van der Waals surface area contributed by atoms with Crippen LogP contribution in [0, 0.1) is 0 Å². The van der Waals surface area contributed by atoms with E-state index in [4.69, 9.17) is 16.2 Å². The highest BCUT2D eigenvalue weighted by Gasteiger charge is 2.15. The van der Waals surface area contributed by atoms with Gasteiger partial charge in [0, 0.05) is 5.92 Å². The van der Waals surface area contributed by atoms with Crippen molar-refractivity contribution in [1.29, 1.82) is 0 Å². The summed E-state index contributed by atoms with van der Waals surface area (Å²) in [6.45, 7) is 3.29. The molecule has 1 unspecified atom stereocenters. The second-order valence-corrected chi connectivity index (χ2v) is 4.22. The monoisotopic (exact) mass is 250 g/mol. The Morgan fingerprint density at radius 1 is 1.28 bits per heavy atom. The number of hydrogen-bond acceptors (Lipinski definition) is 4. The van der Waals surface area contributed by atoms with Crippen molar-refractivity contribution in [2.45, 2.75) is 25.7 Å². The maximum atomic E-state index is 11.5. The Balaban J connectivity index is 2.66. The smallest absolute Gasteiger partial charge is 0.306 e. The normalized spacial score (nSPS) is 12.2. The molecule has 0 aromatic heterocycles. The first-order chi connectivity index (χ1) is 8.71. The largest absolute Gasteiger partial charge is 0.466 e. The highest BCUT2D eigenvalue weighted by Crippen LogP contribution is 2.19. The third-order valence-corrected chi connectivity index (χ3v) is 2.89. The molecule has 0 bridgehead atoms. The molecule has 0 amide bonds. The predicted molar refractivity (Wildman–Crippen MR) is 72.2 cm³/mol. The second kappa shape index (κ2) is 7.84. The molecule has 4 heteroatoms. The zero-order valence-corrected chi connectivity index (χ0v) is 10.9. The number of nitrogens with two attached hydrogens (primary N) is 2. The molecule has 0 aliphatic heterocycles. The summed E-state index contributed by atoms with van der Waals surface area (Å²) in [5, 5.41) is 0. The zero-order valence-electron chi connectivity index (χ0n) is 10.9. The van der Waals surface area contributed by atoms with E-state index in [1.807, 2.05) is 24.3 Å². The molecule has 1 aromatic rings. The summed E-state index contributed by atoms with van der Waals surface area (Å²) in [6.07, 6.45) is 1.20. The standard InChI is InChI=1S/C14H22N2O2/c1-2-18-14(17)9-13(10-16)12-5-3-11(4-6-12)7-8-15/h3-6,13H,2,7-10,15-16H2,1H3. The Morgan fingerprint density at radius 2 is 1.94 bits per heavy atom. The van der Waals surface area contributed by atoms with Crippen LogP contribution in [0.2, 0.25) is 0 Å². The van der Waals surface area contributed by atoms with Crippen molar-refractivity contribution in [2.24, 2.45) is 11.5 Å². The third kappa shape index (κ3) is 4.47. The van der Waals surface area contributed by atoms with Crippen molar-refractivity contribution < 1.29 is 9.53 Å². The van der Waals surface area contributed by atoms with Gasteiger partial charge in [0.2, 0.25) is 0 Å². The lowest BCUT2D eigenvalue weighted by molar-refractivity contribution is -0.143. The summed E-state index contributed by atoms with van der Waals surface area (Å²) < 4.78 is 4.95. The van der Waals surface area contributed by atoms with E-state index >= 15 is 0 Å². The van der Waals surface area contributed by atoms with Gasteiger partial charge in [-0.05, 0) is 37.6 Å². The fourth-order valence-corrected chi connectivity index (χ4v) is 1.88. The molecule has 1 aromatic carbocycles. The van der Waals surface area contributed by atoms with Gasteiger partial charge in [0.25, 0.3) is 0 Å². The van der Waals surface area contributed by atoms with Crippen LogP contribution in [0.1, 0.15) is 30.4 Å². The molecule has 0 spiro atoms. The van der Waals surface area contributed by atoms with Crippen LogP contribution in [0.5, 0.6) is 0 Å². The van der Waals surface area contributed by atoms with Crippen LogP contribution in [-0.4, -0.2) is 25.7 Å². The van der Waals surface area contributed by atoms with Crippen LogP contribution in [0.15, 0.2) is 24.3 Å². The lowest BCUT2D eigenvalue weighted by atomic mass is 9.94. The van der Waals surface area contributed by atoms with Gasteiger partial charge in [-0.1, -0.05) is 24.3 Å². The van der Waals surface area contributed by atoms with Gasteiger partial charge in [0.05, 0.1) is 13.0 Å². The fourth-order valence-electron chi connectivity index (χ4n) is 1.88. The van der Waals surface area contributed by atoms with E-state index in [9.17, 15) is 4.79 Å². The quantitative estimate of drug-likeness (QED) is 0.712. The molecule has 1 atom stereocenters. The first kappa shape index (κ1) is 14.7. The number of ether oxygens (including phenoxy) is 1. The average molecular weight is 250 g/mol. The van der Waals surface area contributed by atoms with Crippen molar-refractivity contribution in [1.82, 2.24) is 0 Å². The van der Waals surface area contributed by atoms with Gasteiger partial charge < -0.3 is 16.2 Å². The number of carbonyl (C=O) groups is 1. The molecule has 18 heavy (non-hydrogen) atoms. The fraction of sp³-hybridized carbons (Fsp3) is 0.500. The average Bonchev–Trinajstić information content (AvgIpc) is 2.38. The SMILES string of the molecule is CCOC(=O)CC(CN)c1ccc(CCN)cc1. The van der Waals surface area contributed by atoms with Gasteiger partial charge in [-0.15, -0.1) is 0 Å². The predicted octanol–water partition coefficient (Wildman–Crippen LogP) is 1.18. The Labute approximate surface area is 108 Å². The van der Waals surface area contributed by atoms with Crippen molar-refractivity contribution in [2.75, 3.05) is 19.7 Å². The lowest BCUT2D eigenvalue weighted by Crippen LogP contribution is -2.18. The lowest BCUT2D eigenvalue weighted by Gasteiger charge is -2.14. The molecule has 1 rings (SSSR count). The molecule has 0 fully saturated rings. The third-order valence-electron chi connectivity index (χ3n) is 2.89. The number of esters is 1. The molecule has 0 radical (unpaired) electrons. The molecular weight excluding hydrogens is 228 g/mol. The highest BCUT2D eigenvalue weighted by molar-refractivity contribution is 5.70. The van der Waals surface area contributed by atoms with Gasteiger partial charge in [-0.25, -0.2) is 0 Å². The molecule has 0 heterocycles. The minimum Gasteiger partial charge on any atom is -0.466 e. The summed E-state index contributed by atoms with van der Waals surface area (Å²) in [7, 11) is 0. The van der Waals surface area contributed by atoms with E-state index in [2.05, 4.69) is 0 Å². The highest BCUT2D eigenvalue weighted by atomic mass is 16.5. The van der Waals surface area contributed by atoms with Gasteiger partial charge in [-0.2, -0.15) is 0 Å². The summed E-state index contributed by atoms with van der Waals surface area (Å²) in [4.78, 5) is 11.5. The van der Waals surface area contributed by atoms with Gasteiger partial charge in [-0.3, -0.25) is 4.79 Å². The minimum atomic E-state index is -0.195. The van der Waals surface area contributed by atoms with E-state index < -0.39 is 0 Å². The number of hydrogen-bond donors (Lipinski definition) is 2. The summed E-state index contributed by atoms with van der Waals surface area (Å²) >= 11 is 0. The summed E-state index contributed by atoms with van der Waals surface area (Å²) in [5.41, 5.74) is 13.5. The van der Waals surface area contributed by atoms with Gasteiger partial charge in [0.15, 0.2) is 0 Å². The Hall–Kier alpha value is -1.39. The molecule has 0 saturated heterocycles. The maximum Gasteiger partial charge on any atom is 0.306 e. The van der Waals surface area contributed by atoms with Gasteiger partial charge >= 0.3 is 5.97 Å². The van der Waals surface area contributed by atoms with E-state index in [0.29, 0.717) is 26.1 Å². The van der Waals surface area contributed by atoms with Crippen molar-refractivity contribution in [3.05, 3.63) is 35.4 Å². The molecule has 4 nitrogen and oxygen atoms in total. The Bertz CT molecular complexity index is 363. The molecule has 4 N–H and O–H groups in total. The zero-order chi connectivity index (χ0) is 13.4. The second-order valence-electron chi connectivity index (χ2n) is 4.22. The van der Waals surface area contributed by atoms with Crippen LogP contribution in [-0.2, 0) is 16.0 Å². The number of carbonyl (C=O) groups excluding carboxylic acids is 1. The van der Waals surface area contributed by atoms with Crippen molar-refractivity contribution in [3.8, 4) is 0 Å². The van der Waals surface area contributed by atoms with E-state index in [-0.39, 0.29) is 11.9 Å². The molecule has 0 aliphatic rings. The van der Waals surface area contributed by atoms with E-state index in [1.165, 1.54) is 5.56 Å².